The number of nitrogens with zero attached hydrogens (tertiary/aromatic N) is 2. The van der Waals surface area contributed by atoms with Gasteiger partial charge in [0.25, 0.3) is 0 Å². The fourth-order valence-electron chi connectivity index (χ4n) is 2.39. The molecule has 2 nitrogen and oxygen atoms in total. The Hall–Kier alpha value is -1.18. The van der Waals surface area contributed by atoms with Gasteiger partial charge in [-0.05, 0) is 32.9 Å². The van der Waals surface area contributed by atoms with Crippen LogP contribution in [-0.4, -0.2) is 19.3 Å². The molecule has 0 radical (unpaired) electrons. The van der Waals surface area contributed by atoms with Crippen LogP contribution in [0.25, 0.3) is 0 Å². The van der Waals surface area contributed by atoms with Crippen LogP contribution in [0.3, 0.4) is 0 Å². The van der Waals surface area contributed by atoms with Gasteiger partial charge in [-0.15, -0.1) is 0 Å². The molecule has 0 N–H and O–H groups in total. The summed E-state index contributed by atoms with van der Waals surface area (Å²) in [6.07, 6.45) is 0.502. The minimum absolute atomic E-state index is 0.502. The molecule has 1 heterocycles. The average molecular weight is 190 g/mol. The molecule has 1 aliphatic heterocycles. The summed E-state index contributed by atoms with van der Waals surface area (Å²) in [4.78, 5) is 4.89. The standard InChI is InChI=1S/C12H18N2/c1-4-13-10(3)14(5-2)12-9-7-6-8-11(12)13/h6-10H,4-5H2,1-3H3. The Bertz CT molecular complexity index is 291. The Labute approximate surface area is 86.1 Å². The van der Waals surface area contributed by atoms with Gasteiger partial charge in [0.05, 0.1) is 17.5 Å². The number of rotatable bonds is 2. The van der Waals surface area contributed by atoms with Crippen molar-refractivity contribution in [3.63, 3.8) is 0 Å². The summed E-state index contributed by atoms with van der Waals surface area (Å²) in [5, 5.41) is 0. The fraction of sp³-hybridized carbons (Fsp3) is 0.500. The van der Waals surface area contributed by atoms with E-state index in [1.54, 1.807) is 0 Å². The molecular formula is C12H18N2. The van der Waals surface area contributed by atoms with Gasteiger partial charge < -0.3 is 9.80 Å². The summed E-state index contributed by atoms with van der Waals surface area (Å²) >= 11 is 0. The highest BCUT2D eigenvalue weighted by Gasteiger charge is 2.29. The number of benzene rings is 1. The average Bonchev–Trinajstić information content (AvgIpc) is 2.49. The number of hydrogen-bond donors (Lipinski definition) is 0. The molecule has 0 unspecified atom stereocenters. The van der Waals surface area contributed by atoms with E-state index in [1.807, 2.05) is 0 Å². The highest BCUT2D eigenvalue weighted by Crippen LogP contribution is 2.38. The second-order valence-electron chi connectivity index (χ2n) is 3.69. The molecule has 2 rings (SSSR count). The van der Waals surface area contributed by atoms with Crippen LogP contribution in [0.2, 0.25) is 0 Å². The fourth-order valence-corrected chi connectivity index (χ4v) is 2.39. The topological polar surface area (TPSA) is 6.48 Å². The van der Waals surface area contributed by atoms with Crippen molar-refractivity contribution in [2.45, 2.75) is 26.9 Å². The quantitative estimate of drug-likeness (QED) is 0.707. The highest BCUT2D eigenvalue weighted by molar-refractivity contribution is 5.77. The molecule has 0 aromatic heterocycles. The van der Waals surface area contributed by atoms with Gasteiger partial charge in [-0.3, -0.25) is 0 Å². The SMILES string of the molecule is CCN1c2ccccc2N(CC)C1C. The molecule has 76 valence electrons. The molecule has 0 atom stereocenters. The van der Waals surface area contributed by atoms with Crippen LogP contribution < -0.4 is 9.80 Å². The van der Waals surface area contributed by atoms with Crippen LogP contribution in [0.4, 0.5) is 11.4 Å². The third-order valence-electron chi connectivity index (χ3n) is 3.08. The van der Waals surface area contributed by atoms with E-state index in [2.05, 4.69) is 54.8 Å². The van der Waals surface area contributed by atoms with E-state index >= 15 is 0 Å². The summed E-state index contributed by atoms with van der Waals surface area (Å²) in [5.74, 6) is 0. The van der Waals surface area contributed by atoms with E-state index in [0.717, 1.165) is 13.1 Å². The second kappa shape index (κ2) is 3.52. The predicted octanol–water partition coefficient (Wildman–Crippen LogP) is 2.70. The van der Waals surface area contributed by atoms with Crippen molar-refractivity contribution in [3.05, 3.63) is 24.3 Å². The summed E-state index contributed by atoms with van der Waals surface area (Å²) in [6.45, 7) is 8.86. The maximum absolute atomic E-state index is 2.44. The van der Waals surface area contributed by atoms with Crippen molar-refractivity contribution in [1.29, 1.82) is 0 Å². The van der Waals surface area contributed by atoms with E-state index in [4.69, 9.17) is 0 Å². The van der Waals surface area contributed by atoms with Crippen molar-refractivity contribution in [3.8, 4) is 0 Å². The van der Waals surface area contributed by atoms with Crippen molar-refractivity contribution >= 4 is 11.4 Å². The lowest BCUT2D eigenvalue weighted by Gasteiger charge is -2.28. The van der Waals surface area contributed by atoms with Gasteiger partial charge in [0.1, 0.15) is 0 Å². The molecule has 0 aliphatic carbocycles. The number of fused-ring (bicyclic) bond motifs is 1. The zero-order valence-electron chi connectivity index (χ0n) is 9.20. The highest BCUT2D eigenvalue weighted by atomic mass is 15.4. The Balaban J connectivity index is 2.45. The molecule has 0 saturated carbocycles. The van der Waals surface area contributed by atoms with Gasteiger partial charge in [-0.2, -0.15) is 0 Å². The number of anilines is 2. The summed E-state index contributed by atoms with van der Waals surface area (Å²) in [7, 11) is 0. The van der Waals surface area contributed by atoms with E-state index < -0.39 is 0 Å². The molecule has 1 aliphatic rings. The maximum atomic E-state index is 2.44. The van der Waals surface area contributed by atoms with Crippen LogP contribution in [0.15, 0.2) is 24.3 Å². The molecule has 0 fully saturated rings. The first kappa shape index (κ1) is 9.38. The molecule has 1 aromatic rings. The van der Waals surface area contributed by atoms with Crippen molar-refractivity contribution < 1.29 is 0 Å². The lowest BCUT2D eigenvalue weighted by atomic mass is 10.2. The second-order valence-corrected chi connectivity index (χ2v) is 3.69. The lowest BCUT2D eigenvalue weighted by Crippen LogP contribution is -2.40. The minimum Gasteiger partial charge on any atom is -0.350 e. The third-order valence-corrected chi connectivity index (χ3v) is 3.08. The Morgan fingerprint density at radius 1 is 1.00 bits per heavy atom. The number of para-hydroxylation sites is 2. The largest absolute Gasteiger partial charge is 0.350 e. The first-order chi connectivity index (χ1) is 6.79. The van der Waals surface area contributed by atoms with Crippen LogP contribution in [0.5, 0.6) is 0 Å². The van der Waals surface area contributed by atoms with Crippen molar-refractivity contribution in [1.82, 2.24) is 0 Å². The van der Waals surface area contributed by atoms with Gasteiger partial charge in [0, 0.05) is 13.1 Å². The van der Waals surface area contributed by atoms with Crippen LogP contribution in [0.1, 0.15) is 20.8 Å². The van der Waals surface area contributed by atoms with E-state index in [0.29, 0.717) is 6.17 Å². The molecule has 0 saturated heterocycles. The molecular weight excluding hydrogens is 172 g/mol. The molecule has 14 heavy (non-hydrogen) atoms. The van der Waals surface area contributed by atoms with Crippen LogP contribution in [0, 0.1) is 0 Å². The molecule has 2 heteroatoms. The molecule has 0 spiro atoms. The zero-order valence-corrected chi connectivity index (χ0v) is 9.20. The third kappa shape index (κ3) is 1.17. The summed E-state index contributed by atoms with van der Waals surface area (Å²) in [6, 6.07) is 8.66. The molecule has 1 aromatic carbocycles. The first-order valence-electron chi connectivity index (χ1n) is 5.41. The normalized spacial score (nSPS) is 16.2. The Morgan fingerprint density at radius 2 is 1.43 bits per heavy atom. The summed E-state index contributed by atoms with van der Waals surface area (Å²) < 4.78 is 0. The predicted molar refractivity (Wildman–Crippen MR) is 61.9 cm³/mol. The smallest absolute Gasteiger partial charge is 0.0987 e. The van der Waals surface area contributed by atoms with Crippen LogP contribution >= 0.6 is 0 Å². The van der Waals surface area contributed by atoms with E-state index in [1.165, 1.54) is 11.4 Å². The van der Waals surface area contributed by atoms with E-state index in [9.17, 15) is 0 Å². The Morgan fingerprint density at radius 3 is 1.79 bits per heavy atom. The molecule has 0 amide bonds. The summed E-state index contributed by atoms with van der Waals surface area (Å²) in [5.41, 5.74) is 2.76. The first-order valence-corrected chi connectivity index (χ1v) is 5.41. The monoisotopic (exact) mass is 190 g/mol. The van der Waals surface area contributed by atoms with E-state index in [-0.39, 0.29) is 0 Å². The van der Waals surface area contributed by atoms with Gasteiger partial charge in [-0.25, -0.2) is 0 Å². The van der Waals surface area contributed by atoms with Crippen molar-refractivity contribution in [2.24, 2.45) is 0 Å². The number of hydrogen-bond acceptors (Lipinski definition) is 2. The van der Waals surface area contributed by atoms with Crippen LogP contribution in [-0.2, 0) is 0 Å². The zero-order chi connectivity index (χ0) is 10.1. The Kier molecular flexibility index (Phi) is 2.36. The molecule has 0 bridgehead atoms. The lowest BCUT2D eigenvalue weighted by molar-refractivity contribution is 0.644. The van der Waals surface area contributed by atoms with Crippen molar-refractivity contribution in [2.75, 3.05) is 22.9 Å². The van der Waals surface area contributed by atoms with Gasteiger partial charge in [-0.1, -0.05) is 12.1 Å². The van der Waals surface area contributed by atoms with Gasteiger partial charge in [0.15, 0.2) is 0 Å². The van der Waals surface area contributed by atoms with Gasteiger partial charge in [0.2, 0.25) is 0 Å². The maximum Gasteiger partial charge on any atom is 0.0987 e. The minimum atomic E-state index is 0.502. The van der Waals surface area contributed by atoms with Gasteiger partial charge >= 0.3 is 0 Å².